The normalized spacial score (nSPS) is 14.2. The Hall–Kier alpha value is -2.71. The zero-order valence-corrected chi connectivity index (χ0v) is 19.3. The Labute approximate surface area is 184 Å². The first-order valence-corrected chi connectivity index (χ1v) is 11.8. The molecule has 1 saturated heterocycles. The fraction of sp³-hybridized carbons (Fsp3) is 0.391. The molecule has 1 fully saturated rings. The standard InChI is InChI=1S/C23H29N3O4S/c1-16-13-20(14-21(17(16)2)31(29,30)25(3)4)22(27)24-15-18-7-9-19(10-8-18)23(28)26-11-5-6-12-26/h7-10,13-14H,5-6,11-12,15H2,1-4H3,(H,24,27). The van der Waals surface area contributed by atoms with Gasteiger partial charge < -0.3 is 10.2 Å². The van der Waals surface area contributed by atoms with Crippen molar-refractivity contribution >= 4 is 21.8 Å². The van der Waals surface area contributed by atoms with Crippen molar-refractivity contribution in [2.24, 2.45) is 0 Å². The van der Waals surface area contributed by atoms with Crippen LogP contribution in [0.5, 0.6) is 0 Å². The molecule has 8 heteroatoms. The van der Waals surface area contributed by atoms with Gasteiger partial charge in [-0.15, -0.1) is 0 Å². The van der Waals surface area contributed by atoms with Crippen molar-refractivity contribution in [2.75, 3.05) is 27.2 Å². The van der Waals surface area contributed by atoms with Crippen molar-refractivity contribution in [3.05, 3.63) is 64.2 Å². The molecule has 166 valence electrons. The number of amides is 2. The van der Waals surface area contributed by atoms with Gasteiger partial charge in [0.15, 0.2) is 0 Å². The highest BCUT2D eigenvalue weighted by molar-refractivity contribution is 7.89. The molecule has 0 unspecified atom stereocenters. The Balaban J connectivity index is 1.71. The number of hydrogen-bond acceptors (Lipinski definition) is 4. The summed E-state index contributed by atoms with van der Waals surface area (Å²) in [6.45, 7) is 5.41. The number of nitrogens with one attached hydrogen (secondary N) is 1. The molecule has 31 heavy (non-hydrogen) atoms. The third-order valence-electron chi connectivity index (χ3n) is 5.69. The molecule has 0 aromatic heterocycles. The molecule has 1 heterocycles. The average molecular weight is 444 g/mol. The number of hydrogen-bond donors (Lipinski definition) is 1. The molecule has 1 aliphatic rings. The van der Waals surface area contributed by atoms with E-state index in [9.17, 15) is 18.0 Å². The molecule has 1 N–H and O–H groups in total. The molecule has 2 aromatic carbocycles. The van der Waals surface area contributed by atoms with E-state index < -0.39 is 10.0 Å². The Kier molecular flexibility index (Phi) is 6.81. The minimum Gasteiger partial charge on any atom is -0.348 e. The second-order valence-electron chi connectivity index (χ2n) is 8.08. The van der Waals surface area contributed by atoms with Gasteiger partial charge in [0, 0.05) is 44.9 Å². The summed E-state index contributed by atoms with van der Waals surface area (Å²) in [5, 5.41) is 2.83. The second kappa shape index (κ2) is 9.20. The molecule has 0 radical (unpaired) electrons. The fourth-order valence-electron chi connectivity index (χ4n) is 3.58. The molecule has 7 nitrogen and oxygen atoms in total. The van der Waals surface area contributed by atoms with E-state index in [1.54, 1.807) is 32.0 Å². The van der Waals surface area contributed by atoms with Crippen molar-refractivity contribution in [3.63, 3.8) is 0 Å². The zero-order valence-electron chi connectivity index (χ0n) is 18.4. The van der Waals surface area contributed by atoms with Crippen molar-refractivity contribution in [1.82, 2.24) is 14.5 Å². The predicted octanol–water partition coefficient (Wildman–Crippen LogP) is 2.72. The van der Waals surface area contributed by atoms with Crippen LogP contribution in [-0.2, 0) is 16.6 Å². The summed E-state index contributed by atoms with van der Waals surface area (Å²) in [6, 6.07) is 10.3. The number of sulfonamides is 1. The lowest BCUT2D eigenvalue weighted by Crippen LogP contribution is -2.27. The van der Waals surface area contributed by atoms with Gasteiger partial charge in [-0.1, -0.05) is 12.1 Å². The molecular weight excluding hydrogens is 414 g/mol. The molecule has 0 aliphatic carbocycles. The van der Waals surface area contributed by atoms with Crippen LogP contribution in [0.4, 0.5) is 0 Å². The van der Waals surface area contributed by atoms with Gasteiger partial charge in [-0.05, 0) is 67.6 Å². The lowest BCUT2D eigenvalue weighted by Gasteiger charge is -2.17. The molecule has 0 spiro atoms. The lowest BCUT2D eigenvalue weighted by molar-refractivity contribution is 0.0792. The average Bonchev–Trinajstić information content (AvgIpc) is 3.28. The van der Waals surface area contributed by atoms with Crippen LogP contribution in [0.25, 0.3) is 0 Å². The zero-order chi connectivity index (χ0) is 22.8. The van der Waals surface area contributed by atoms with Crippen LogP contribution in [0, 0.1) is 13.8 Å². The first kappa shape index (κ1) is 23.0. The van der Waals surface area contributed by atoms with E-state index in [-0.39, 0.29) is 23.3 Å². The number of carbonyl (C=O) groups is 2. The highest BCUT2D eigenvalue weighted by atomic mass is 32.2. The van der Waals surface area contributed by atoms with Gasteiger partial charge in [0.25, 0.3) is 11.8 Å². The molecule has 0 saturated carbocycles. The van der Waals surface area contributed by atoms with E-state index in [0.717, 1.165) is 41.4 Å². The van der Waals surface area contributed by atoms with E-state index in [1.807, 2.05) is 17.0 Å². The minimum absolute atomic E-state index is 0.0397. The van der Waals surface area contributed by atoms with Crippen LogP contribution in [0.3, 0.4) is 0 Å². The first-order valence-electron chi connectivity index (χ1n) is 10.3. The quantitative estimate of drug-likeness (QED) is 0.744. The molecule has 0 bridgehead atoms. The maximum absolute atomic E-state index is 12.7. The van der Waals surface area contributed by atoms with Crippen molar-refractivity contribution in [3.8, 4) is 0 Å². The molecule has 1 aliphatic heterocycles. The number of carbonyl (C=O) groups excluding carboxylic acids is 2. The lowest BCUT2D eigenvalue weighted by atomic mass is 10.1. The monoisotopic (exact) mass is 443 g/mol. The summed E-state index contributed by atoms with van der Waals surface area (Å²) in [5.41, 5.74) is 3.16. The summed E-state index contributed by atoms with van der Waals surface area (Å²) in [6.07, 6.45) is 2.10. The second-order valence-corrected chi connectivity index (χ2v) is 10.2. The van der Waals surface area contributed by atoms with Crippen molar-refractivity contribution < 1.29 is 18.0 Å². The van der Waals surface area contributed by atoms with Crippen LogP contribution in [0.1, 0.15) is 50.2 Å². The summed E-state index contributed by atoms with van der Waals surface area (Å²) >= 11 is 0. The van der Waals surface area contributed by atoms with Crippen LogP contribution in [-0.4, -0.2) is 56.6 Å². The van der Waals surface area contributed by atoms with E-state index in [0.29, 0.717) is 16.7 Å². The van der Waals surface area contributed by atoms with E-state index >= 15 is 0 Å². The van der Waals surface area contributed by atoms with Gasteiger partial charge in [-0.2, -0.15) is 0 Å². The number of aryl methyl sites for hydroxylation is 1. The molecule has 2 aromatic rings. The van der Waals surface area contributed by atoms with Crippen molar-refractivity contribution in [1.29, 1.82) is 0 Å². The summed E-state index contributed by atoms with van der Waals surface area (Å²) < 4.78 is 26.3. The van der Waals surface area contributed by atoms with Gasteiger partial charge in [0.1, 0.15) is 0 Å². The van der Waals surface area contributed by atoms with E-state index in [1.165, 1.54) is 20.2 Å². The van der Waals surface area contributed by atoms with Crippen molar-refractivity contribution in [2.45, 2.75) is 38.1 Å². The Bertz CT molecular complexity index is 1090. The van der Waals surface area contributed by atoms with Crippen LogP contribution in [0.15, 0.2) is 41.3 Å². The minimum atomic E-state index is -3.66. The van der Waals surface area contributed by atoms with Crippen LogP contribution < -0.4 is 5.32 Å². The topological polar surface area (TPSA) is 86.8 Å². The van der Waals surface area contributed by atoms with Gasteiger partial charge >= 0.3 is 0 Å². The van der Waals surface area contributed by atoms with Gasteiger partial charge in [-0.25, -0.2) is 12.7 Å². The maximum Gasteiger partial charge on any atom is 0.253 e. The smallest absolute Gasteiger partial charge is 0.253 e. The SMILES string of the molecule is Cc1cc(C(=O)NCc2ccc(C(=O)N3CCCC3)cc2)cc(S(=O)(=O)N(C)C)c1C. The third-order valence-corrected chi connectivity index (χ3v) is 7.63. The number of benzene rings is 2. The Morgan fingerprint density at radius 3 is 2.19 bits per heavy atom. The fourth-order valence-corrected chi connectivity index (χ4v) is 4.79. The van der Waals surface area contributed by atoms with Gasteiger partial charge in [0.2, 0.25) is 10.0 Å². The van der Waals surface area contributed by atoms with E-state index in [2.05, 4.69) is 5.32 Å². The molecular formula is C23H29N3O4S. The summed E-state index contributed by atoms with van der Waals surface area (Å²) in [4.78, 5) is 27.1. The summed E-state index contributed by atoms with van der Waals surface area (Å²) in [5.74, 6) is -0.312. The first-order chi connectivity index (χ1) is 14.6. The summed E-state index contributed by atoms with van der Waals surface area (Å²) in [7, 11) is -0.721. The van der Waals surface area contributed by atoms with Gasteiger partial charge in [0.05, 0.1) is 4.90 Å². The highest BCUT2D eigenvalue weighted by Crippen LogP contribution is 2.23. The Morgan fingerprint density at radius 2 is 1.61 bits per heavy atom. The maximum atomic E-state index is 12.7. The van der Waals surface area contributed by atoms with Crippen LogP contribution in [0.2, 0.25) is 0 Å². The molecule has 2 amide bonds. The number of rotatable bonds is 6. The number of nitrogens with zero attached hydrogens (tertiary/aromatic N) is 2. The highest BCUT2D eigenvalue weighted by Gasteiger charge is 2.23. The Morgan fingerprint density at radius 1 is 1.00 bits per heavy atom. The van der Waals surface area contributed by atoms with Gasteiger partial charge in [-0.3, -0.25) is 9.59 Å². The predicted molar refractivity (Wildman–Crippen MR) is 120 cm³/mol. The van der Waals surface area contributed by atoms with Crippen LogP contribution >= 0.6 is 0 Å². The van der Waals surface area contributed by atoms with E-state index in [4.69, 9.17) is 0 Å². The molecule has 0 atom stereocenters. The molecule has 3 rings (SSSR count). The largest absolute Gasteiger partial charge is 0.348 e. The number of likely N-dealkylation sites (tertiary alicyclic amines) is 1. The third kappa shape index (κ3) is 4.97.